The third kappa shape index (κ3) is 5.85. The molecule has 0 atom stereocenters. The van der Waals surface area contributed by atoms with Gasteiger partial charge in [-0.2, -0.15) is 17.0 Å². The molecule has 0 unspecified atom stereocenters. The van der Waals surface area contributed by atoms with Crippen molar-refractivity contribution in [3.8, 4) is 0 Å². The van der Waals surface area contributed by atoms with Gasteiger partial charge in [-0.3, -0.25) is 0 Å². The molecule has 0 amide bonds. The molecule has 1 aliphatic heterocycles. The molecule has 5 nitrogen and oxygen atoms in total. The summed E-state index contributed by atoms with van der Waals surface area (Å²) in [6, 6.07) is 0. The Labute approximate surface area is 130 Å². The summed E-state index contributed by atoms with van der Waals surface area (Å²) >= 11 is 0. The Balaban J connectivity index is 0.00000361. The van der Waals surface area contributed by atoms with Gasteiger partial charge in [-0.15, -0.1) is 12.4 Å². The molecule has 0 aromatic rings. The highest BCUT2D eigenvalue weighted by molar-refractivity contribution is 7.86. The molecule has 0 aliphatic carbocycles. The number of nitrogens with zero attached hydrogens (tertiary/aromatic N) is 2. The third-order valence-corrected chi connectivity index (χ3v) is 5.79. The molecule has 7 heteroatoms. The minimum absolute atomic E-state index is 0. The summed E-state index contributed by atoms with van der Waals surface area (Å²) in [5.41, 5.74) is 0. The second-order valence-electron chi connectivity index (χ2n) is 5.33. The van der Waals surface area contributed by atoms with Gasteiger partial charge in [0.1, 0.15) is 0 Å². The average Bonchev–Trinajstić information content (AvgIpc) is 2.42. The van der Waals surface area contributed by atoms with Crippen LogP contribution in [0.15, 0.2) is 0 Å². The maximum Gasteiger partial charge on any atom is 0.281 e. The van der Waals surface area contributed by atoms with Crippen molar-refractivity contribution in [2.24, 2.45) is 5.92 Å². The van der Waals surface area contributed by atoms with Crippen LogP contribution in [0, 0.1) is 5.92 Å². The second-order valence-corrected chi connectivity index (χ2v) is 7.37. The third-order valence-electron chi connectivity index (χ3n) is 3.80. The monoisotopic (exact) mass is 327 g/mol. The van der Waals surface area contributed by atoms with E-state index in [-0.39, 0.29) is 12.4 Å². The van der Waals surface area contributed by atoms with Crippen LogP contribution >= 0.6 is 12.4 Å². The van der Waals surface area contributed by atoms with Gasteiger partial charge in [0, 0.05) is 26.7 Å². The highest BCUT2D eigenvalue weighted by Crippen LogP contribution is 2.20. The number of hydrogen-bond acceptors (Lipinski definition) is 3. The van der Waals surface area contributed by atoms with E-state index in [1.54, 1.807) is 11.4 Å². The van der Waals surface area contributed by atoms with E-state index in [0.29, 0.717) is 25.6 Å². The predicted molar refractivity (Wildman–Crippen MR) is 86.5 cm³/mol. The first-order chi connectivity index (χ1) is 9.02. The van der Waals surface area contributed by atoms with Crippen LogP contribution in [-0.4, -0.2) is 56.8 Å². The zero-order chi connectivity index (χ0) is 14.3. The largest absolute Gasteiger partial charge is 0.317 e. The minimum Gasteiger partial charge on any atom is -0.317 e. The van der Waals surface area contributed by atoms with Gasteiger partial charge in [0.05, 0.1) is 0 Å². The van der Waals surface area contributed by atoms with Crippen molar-refractivity contribution in [3.05, 3.63) is 0 Å². The van der Waals surface area contributed by atoms with Crippen LogP contribution in [0.5, 0.6) is 0 Å². The van der Waals surface area contributed by atoms with Crippen LogP contribution in [0.2, 0.25) is 0 Å². The van der Waals surface area contributed by atoms with Crippen LogP contribution in [0.3, 0.4) is 0 Å². The van der Waals surface area contributed by atoms with Crippen molar-refractivity contribution in [2.45, 2.75) is 39.5 Å². The summed E-state index contributed by atoms with van der Waals surface area (Å²) in [6.45, 7) is 8.11. The standard InChI is InChI=1S/C13H29N3O2S.ClH/c1-4-6-9-15(3)19(17,18)16-10-7-13(8-11-16)12-14-5-2;/h13-14H,4-12H2,1-3H3;1H. The lowest BCUT2D eigenvalue weighted by atomic mass is 9.98. The molecule has 1 saturated heterocycles. The van der Waals surface area contributed by atoms with Gasteiger partial charge in [0.2, 0.25) is 0 Å². The smallest absolute Gasteiger partial charge is 0.281 e. The fraction of sp³-hybridized carbons (Fsp3) is 1.00. The van der Waals surface area contributed by atoms with Gasteiger partial charge in [-0.1, -0.05) is 20.3 Å². The Hall–Kier alpha value is 0.120. The molecule has 0 bridgehead atoms. The number of piperidine rings is 1. The van der Waals surface area contributed by atoms with Crippen LogP contribution in [-0.2, 0) is 10.2 Å². The van der Waals surface area contributed by atoms with Crippen LogP contribution in [0.25, 0.3) is 0 Å². The fourth-order valence-corrected chi connectivity index (χ4v) is 3.81. The van der Waals surface area contributed by atoms with Gasteiger partial charge in [-0.25, -0.2) is 0 Å². The maximum absolute atomic E-state index is 12.3. The molecule has 0 spiro atoms. The molecule has 1 rings (SSSR count). The van der Waals surface area contributed by atoms with E-state index in [0.717, 1.165) is 38.8 Å². The SMILES string of the molecule is CCCCN(C)S(=O)(=O)N1CCC(CNCC)CC1.Cl. The topological polar surface area (TPSA) is 52.7 Å². The lowest BCUT2D eigenvalue weighted by molar-refractivity contribution is 0.254. The predicted octanol–water partition coefficient (Wildman–Crippen LogP) is 1.71. The van der Waals surface area contributed by atoms with Gasteiger partial charge < -0.3 is 5.32 Å². The average molecular weight is 328 g/mol. The molecular weight excluding hydrogens is 298 g/mol. The molecular formula is C13H30ClN3O2S. The second kappa shape index (κ2) is 9.95. The van der Waals surface area contributed by atoms with Gasteiger partial charge in [0.15, 0.2) is 0 Å². The number of rotatable bonds is 8. The minimum atomic E-state index is -3.23. The zero-order valence-corrected chi connectivity index (χ0v) is 14.6. The van der Waals surface area contributed by atoms with E-state index in [1.165, 1.54) is 4.31 Å². The first-order valence-corrected chi connectivity index (χ1v) is 8.84. The van der Waals surface area contributed by atoms with E-state index >= 15 is 0 Å². The summed E-state index contributed by atoms with van der Waals surface area (Å²) in [5.74, 6) is 0.618. The van der Waals surface area contributed by atoms with Crippen molar-refractivity contribution in [2.75, 3.05) is 39.8 Å². The Kier molecular flexibility index (Phi) is 10.0. The Bertz CT molecular complexity index is 344. The Morgan fingerprint density at radius 2 is 1.85 bits per heavy atom. The van der Waals surface area contributed by atoms with E-state index < -0.39 is 10.2 Å². The summed E-state index contributed by atoms with van der Waals surface area (Å²) in [4.78, 5) is 0. The van der Waals surface area contributed by atoms with E-state index in [1.807, 2.05) is 0 Å². The molecule has 122 valence electrons. The van der Waals surface area contributed by atoms with Crippen molar-refractivity contribution in [1.82, 2.24) is 13.9 Å². The normalized spacial score (nSPS) is 18.2. The highest BCUT2D eigenvalue weighted by Gasteiger charge is 2.30. The lowest BCUT2D eigenvalue weighted by Gasteiger charge is -2.33. The molecule has 1 fully saturated rings. The first kappa shape index (κ1) is 20.1. The van der Waals surface area contributed by atoms with Crippen molar-refractivity contribution in [1.29, 1.82) is 0 Å². The first-order valence-electron chi connectivity index (χ1n) is 7.44. The molecule has 0 saturated carbocycles. The molecule has 1 heterocycles. The summed E-state index contributed by atoms with van der Waals surface area (Å²) in [7, 11) is -1.54. The Morgan fingerprint density at radius 1 is 1.25 bits per heavy atom. The van der Waals surface area contributed by atoms with Crippen molar-refractivity contribution >= 4 is 22.6 Å². The molecule has 0 aromatic carbocycles. The van der Waals surface area contributed by atoms with E-state index in [4.69, 9.17) is 0 Å². The summed E-state index contributed by atoms with van der Waals surface area (Å²) < 4.78 is 27.8. The Morgan fingerprint density at radius 3 is 2.35 bits per heavy atom. The molecule has 0 aromatic heterocycles. The number of halogens is 1. The van der Waals surface area contributed by atoms with Crippen molar-refractivity contribution in [3.63, 3.8) is 0 Å². The zero-order valence-electron chi connectivity index (χ0n) is 13.0. The van der Waals surface area contributed by atoms with Gasteiger partial charge in [-0.05, 0) is 38.3 Å². The number of unbranched alkanes of at least 4 members (excludes halogenated alkanes) is 1. The fourth-order valence-electron chi connectivity index (χ4n) is 2.39. The highest BCUT2D eigenvalue weighted by atomic mass is 35.5. The van der Waals surface area contributed by atoms with Crippen LogP contribution in [0.4, 0.5) is 0 Å². The number of nitrogens with one attached hydrogen (secondary N) is 1. The molecule has 1 N–H and O–H groups in total. The maximum atomic E-state index is 12.3. The van der Waals surface area contributed by atoms with Crippen LogP contribution < -0.4 is 5.32 Å². The van der Waals surface area contributed by atoms with Crippen molar-refractivity contribution < 1.29 is 8.42 Å². The summed E-state index contributed by atoms with van der Waals surface area (Å²) in [6.07, 6.45) is 3.87. The summed E-state index contributed by atoms with van der Waals surface area (Å²) in [5, 5.41) is 3.34. The quantitative estimate of drug-likeness (QED) is 0.738. The van der Waals surface area contributed by atoms with Crippen LogP contribution in [0.1, 0.15) is 39.5 Å². The van der Waals surface area contributed by atoms with Gasteiger partial charge >= 0.3 is 0 Å². The van der Waals surface area contributed by atoms with Gasteiger partial charge in [0.25, 0.3) is 10.2 Å². The lowest BCUT2D eigenvalue weighted by Crippen LogP contribution is -2.46. The van der Waals surface area contributed by atoms with E-state index in [2.05, 4.69) is 19.2 Å². The number of hydrogen-bond donors (Lipinski definition) is 1. The molecule has 1 aliphatic rings. The van der Waals surface area contributed by atoms with E-state index in [9.17, 15) is 8.42 Å². The molecule has 0 radical (unpaired) electrons. The molecule has 20 heavy (non-hydrogen) atoms.